The van der Waals surface area contributed by atoms with E-state index in [9.17, 15) is 29.4 Å². The van der Waals surface area contributed by atoms with Crippen molar-refractivity contribution in [1.82, 2.24) is 19.9 Å². The summed E-state index contributed by atoms with van der Waals surface area (Å²) in [5, 5.41) is 22.7. The lowest BCUT2D eigenvalue weighted by Gasteiger charge is -2.27. The van der Waals surface area contributed by atoms with Crippen LogP contribution in [0.1, 0.15) is 59.5 Å². The Morgan fingerprint density at radius 1 is 0.959 bits per heavy atom. The van der Waals surface area contributed by atoms with Crippen LogP contribution in [0.15, 0.2) is 42.1 Å². The second kappa shape index (κ2) is 9.95. The van der Waals surface area contributed by atoms with Crippen molar-refractivity contribution in [3.05, 3.63) is 76.0 Å². The summed E-state index contributed by atoms with van der Waals surface area (Å²) in [5.74, 6) is -0.833. The molecule has 5 heterocycles. The zero-order valence-corrected chi connectivity index (χ0v) is 27.3. The number of H-pyrrole nitrogens is 3. The summed E-state index contributed by atoms with van der Waals surface area (Å²) in [6.07, 6.45) is 4.35. The largest absolute Gasteiger partial charge is 0.504 e. The monoisotopic (exact) mass is 679 g/mol. The lowest BCUT2D eigenvalue weighted by molar-refractivity contribution is 0.0806. The lowest BCUT2D eigenvalue weighted by atomic mass is 9.85. The molecule has 9 rings (SSSR count). The van der Waals surface area contributed by atoms with Crippen molar-refractivity contribution in [3.63, 3.8) is 0 Å². The van der Waals surface area contributed by atoms with E-state index in [4.69, 9.17) is 9.47 Å². The predicted octanol–water partition coefficient (Wildman–Crippen LogP) is 4.61. The minimum atomic E-state index is -0.576. The van der Waals surface area contributed by atoms with Crippen LogP contribution in [-0.2, 0) is 11.8 Å². The average molecular weight is 680 g/mol. The van der Waals surface area contributed by atoms with Crippen LogP contribution in [0.2, 0.25) is 0 Å². The molecule has 2 fully saturated rings. The first kappa shape index (κ1) is 29.5. The number of allylic oxidation sites excluding steroid dienone is 2. The number of phenolic OH excluding ortho intramolecular Hbond substituents is 2. The van der Waals surface area contributed by atoms with Crippen molar-refractivity contribution in [2.24, 2.45) is 5.92 Å². The number of hydrogen-bond donors (Lipinski definition) is 5. The summed E-state index contributed by atoms with van der Waals surface area (Å²) >= 11 is 1.06. The number of aromatic amines is 3. The zero-order chi connectivity index (χ0) is 34.1. The van der Waals surface area contributed by atoms with Gasteiger partial charge in [0.05, 0.1) is 36.8 Å². The topological polar surface area (TPSA) is 181 Å². The number of nitrogens with zero attached hydrogens (tertiary/aromatic N) is 2. The first-order chi connectivity index (χ1) is 23.6. The summed E-state index contributed by atoms with van der Waals surface area (Å²) in [6.45, 7) is 0.683. The van der Waals surface area contributed by atoms with Crippen LogP contribution in [0, 0.1) is 5.92 Å². The van der Waals surface area contributed by atoms with Gasteiger partial charge in [-0.1, -0.05) is 11.8 Å². The van der Waals surface area contributed by atoms with E-state index in [1.54, 1.807) is 35.4 Å². The van der Waals surface area contributed by atoms with Gasteiger partial charge in [-0.2, -0.15) is 0 Å². The van der Waals surface area contributed by atoms with Gasteiger partial charge in [0.15, 0.2) is 23.0 Å². The highest BCUT2D eigenvalue weighted by atomic mass is 32.2. The van der Waals surface area contributed by atoms with Gasteiger partial charge in [-0.15, -0.1) is 0 Å². The van der Waals surface area contributed by atoms with E-state index in [1.165, 1.54) is 31.3 Å². The number of thioether (sulfide) groups is 1. The number of piperidine rings is 1. The molecule has 13 nitrogen and oxygen atoms in total. The third-order valence-electron chi connectivity index (χ3n) is 10.5. The zero-order valence-electron chi connectivity index (χ0n) is 26.5. The number of ketones is 1. The van der Waals surface area contributed by atoms with E-state index in [2.05, 4.69) is 15.0 Å². The van der Waals surface area contributed by atoms with Crippen LogP contribution in [0.5, 0.6) is 23.0 Å². The number of amides is 2. The number of aromatic nitrogens is 3. The van der Waals surface area contributed by atoms with E-state index in [1.807, 2.05) is 0 Å². The number of nitrogens with one attached hydrogen (secondary N) is 3. The molecule has 0 radical (unpaired) electrons. The van der Waals surface area contributed by atoms with E-state index >= 15 is 0 Å². The number of ether oxygens (including phenoxy) is 2. The summed E-state index contributed by atoms with van der Waals surface area (Å²) in [6, 6.07) is 8.25. The molecule has 0 bridgehead atoms. The number of benzene rings is 2. The van der Waals surface area contributed by atoms with Crippen LogP contribution in [0.4, 0.5) is 5.69 Å². The smallest absolute Gasteiger partial charge is 0.274 e. The molecule has 2 amide bonds. The van der Waals surface area contributed by atoms with Crippen LogP contribution in [-0.4, -0.2) is 86.3 Å². The Bertz CT molecular complexity index is 2400. The van der Waals surface area contributed by atoms with Gasteiger partial charge in [-0.05, 0) is 60.4 Å². The van der Waals surface area contributed by atoms with Crippen molar-refractivity contribution in [2.45, 2.75) is 18.3 Å². The van der Waals surface area contributed by atoms with Gasteiger partial charge >= 0.3 is 0 Å². The molecule has 2 atom stereocenters. The second-order valence-corrected chi connectivity index (χ2v) is 13.6. The average Bonchev–Trinajstić information content (AvgIpc) is 3.73. The van der Waals surface area contributed by atoms with Crippen LogP contribution >= 0.6 is 11.8 Å². The Morgan fingerprint density at radius 2 is 1.73 bits per heavy atom. The molecule has 248 valence electrons. The summed E-state index contributed by atoms with van der Waals surface area (Å²) in [7, 11) is 2.86. The third kappa shape index (κ3) is 3.82. The fourth-order valence-electron chi connectivity index (χ4n) is 8.19. The molecule has 5 aromatic rings. The van der Waals surface area contributed by atoms with E-state index in [-0.39, 0.29) is 58.0 Å². The number of phenols is 2. The quantitative estimate of drug-likeness (QED) is 0.177. The number of anilines is 1. The van der Waals surface area contributed by atoms with Gasteiger partial charge in [0.2, 0.25) is 10.9 Å². The maximum Gasteiger partial charge on any atom is 0.274 e. The highest BCUT2D eigenvalue weighted by Crippen LogP contribution is 2.67. The van der Waals surface area contributed by atoms with Crippen molar-refractivity contribution < 1.29 is 38.9 Å². The molecule has 2 aromatic carbocycles. The normalized spacial score (nSPS) is 20.3. The first-order valence-corrected chi connectivity index (χ1v) is 16.9. The fourth-order valence-corrected chi connectivity index (χ4v) is 8.52. The molecule has 3 aromatic heterocycles. The maximum absolute atomic E-state index is 14.2. The molecule has 14 heteroatoms. The minimum Gasteiger partial charge on any atom is -0.504 e. The summed E-state index contributed by atoms with van der Waals surface area (Å²) in [4.78, 5) is 66.4. The van der Waals surface area contributed by atoms with E-state index in [0.717, 1.165) is 18.2 Å². The number of carbonyl (C=O) groups is 4. The van der Waals surface area contributed by atoms with Crippen molar-refractivity contribution >= 4 is 62.0 Å². The molecule has 4 aliphatic rings. The third-order valence-corrected chi connectivity index (χ3v) is 11.1. The Balaban J connectivity index is 1.05. The molecule has 1 unspecified atom stereocenters. The Kier molecular flexibility index (Phi) is 5.99. The maximum atomic E-state index is 14.2. The highest BCUT2D eigenvalue weighted by molar-refractivity contribution is 8.13. The fraction of sp³-hybridized carbons (Fsp3) is 0.257. The van der Waals surface area contributed by atoms with Crippen LogP contribution in [0.3, 0.4) is 0 Å². The van der Waals surface area contributed by atoms with E-state index in [0.29, 0.717) is 74.4 Å². The van der Waals surface area contributed by atoms with Crippen LogP contribution < -0.4 is 14.4 Å². The van der Waals surface area contributed by atoms with Gasteiger partial charge in [0, 0.05) is 52.6 Å². The van der Waals surface area contributed by atoms with Crippen molar-refractivity contribution in [2.75, 3.05) is 38.5 Å². The molecule has 2 aliphatic carbocycles. The molecular formula is C35H29N5O8S. The number of hydrogen-bond acceptors (Lipinski definition) is 9. The molecular weight excluding hydrogens is 650 g/mol. The summed E-state index contributed by atoms with van der Waals surface area (Å²) < 4.78 is 10.7. The Labute approximate surface area is 281 Å². The molecule has 49 heavy (non-hydrogen) atoms. The van der Waals surface area contributed by atoms with Gasteiger partial charge in [0.1, 0.15) is 11.4 Å². The molecule has 2 aliphatic heterocycles. The minimum absolute atomic E-state index is 0.0402. The van der Waals surface area contributed by atoms with Crippen molar-refractivity contribution in [3.8, 4) is 23.0 Å². The first-order valence-electron chi connectivity index (χ1n) is 15.7. The molecule has 1 saturated heterocycles. The number of likely N-dealkylation sites (tertiary alicyclic amines) is 1. The van der Waals surface area contributed by atoms with Gasteiger partial charge in [0.25, 0.3) is 11.8 Å². The van der Waals surface area contributed by atoms with Gasteiger partial charge < -0.3 is 44.4 Å². The Hall–Kier alpha value is -5.63. The standard InChI is InChI=1S/C35H29N5O8S/c1-47-25-10-19-14(7-23(25)41)6-20(36-19)33(45)40-13-15-12-35(15)18-9-21(37-28(18)24(42)11-26(35)40)32(44)39-5-4-16-17-8-22(34(46)49-3)38-27(17)31(48-2)30(43)29(16)39/h6-11,15,36-38,41,43H,4-5,12-13H2,1-3H3/t15-,35?/m0/s1. The second-order valence-electron chi connectivity index (χ2n) is 12.8. The highest BCUT2D eigenvalue weighted by Gasteiger charge is 2.68. The molecule has 1 spiro atoms. The lowest BCUT2D eigenvalue weighted by Crippen LogP contribution is -2.33. The number of rotatable bonds is 5. The number of aromatic hydroxyl groups is 2. The molecule has 5 N–H and O–H groups in total. The number of carbonyl (C=O) groups excluding carboxylic acids is 4. The van der Waals surface area contributed by atoms with Gasteiger partial charge in [-0.25, -0.2) is 0 Å². The number of fused-ring (bicyclic) bond motifs is 5. The Morgan fingerprint density at radius 3 is 2.49 bits per heavy atom. The molecule has 1 saturated carbocycles. The van der Waals surface area contributed by atoms with E-state index < -0.39 is 11.3 Å². The predicted molar refractivity (Wildman–Crippen MR) is 180 cm³/mol. The number of methoxy groups -OCH3 is 2. The SMILES string of the molecule is COc1cc2[nH]c(C(=O)N3C[C@@H]4CC45C3=CC(=O)c3[nH]c(C(=O)N4CCc6c4c(O)c(OC)c4[nH]c(C(=O)SC)cc64)cc35)cc2cc1O. The van der Waals surface area contributed by atoms with Gasteiger partial charge in [-0.3, -0.25) is 19.2 Å². The van der Waals surface area contributed by atoms with Crippen LogP contribution in [0.25, 0.3) is 21.8 Å². The summed E-state index contributed by atoms with van der Waals surface area (Å²) in [5.41, 5.74) is 4.03. The van der Waals surface area contributed by atoms with Crippen molar-refractivity contribution in [1.29, 1.82) is 0 Å².